The molecule has 1 N–H and O–H groups in total. The molecule has 0 saturated carbocycles. The molecule has 1 atom stereocenters. The first-order valence-electron chi connectivity index (χ1n) is 5.72. The normalized spacial score (nSPS) is 13.5. The van der Waals surface area contributed by atoms with E-state index >= 15 is 0 Å². The van der Waals surface area contributed by atoms with Gasteiger partial charge in [0.25, 0.3) is 0 Å². The fraction of sp³-hybridized carbons (Fsp3) is 0.615. The lowest BCUT2D eigenvalue weighted by Gasteiger charge is -2.23. The number of alkyl halides is 1. The third-order valence-corrected chi connectivity index (χ3v) is 4.49. The van der Waals surface area contributed by atoms with Crippen LogP contribution in [0.25, 0.3) is 0 Å². The molecular formula is C13H20ClNOS. The monoisotopic (exact) mass is 273 g/mol. The molecule has 1 heterocycles. The Kier molecular flexibility index (Phi) is 4.62. The lowest BCUT2D eigenvalue weighted by atomic mass is 9.94. The third-order valence-electron chi connectivity index (χ3n) is 2.84. The number of rotatable bonds is 4. The van der Waals surface area contributed by atoms with Crippen LogP contribution >= 0.6 is 22.9 Å². The average Bonchev–Trinajstić information content (AvgIpc) is 2.57. The van der Waals surface area contributed by atoms with Gasteiger partial charge in [-0.05, 0) is 46.2 Å². The molecule has 0 fully saturated rings. The molecule has 1 amide bonds. The summed E-state index contributed by atoms with van der Waals surface area (Å²) in [5.41, 5.74) is 0.681. The maximum absolute atomic E-state index is 12.0. The second kappa shape index (κ2) is 5.40. The predicted molar refractivity (Wildman–Crippen MR) is 74.9 cm³/mol. The minimum Gasteiger partial charge on any atom is -0.349 e. The Morgan fingerprint density at radius 1 is 1.53 bits per heavy atom. The van der Waals surface area contributed by atoms with Gasteiger partial charge in [-0.1, -0.05) is 0 Å². The zero-order chi connectivity index (χ0) is 13.2. The largest absolute Gasteiger partial charge is 0.349 e. The second-order valence-corrected chi connectivity index (χ2v) is 6.81. The molecule has 0 aliphatic rings. The molecular weight excluding hydrogens is 254 g/mol. The van der Waals surface area contributed by atoms with Crippen LogP contribution in [0.3, 0.4) is 0 Å². The summed E-state index contributed by atoms with van der Waals surface area (Å²) in [6.07, 6.45) is 0. The van der Waals surface area contributed by atoms with E-state index in [4.69, 9.17) is 11.6 Å². The predicted octanol–water partition coefficient (Wildman–Crippen LogP) is 3.81. The average molecular weight is 274 g/mol. The van der Waals surface area contributed by atoms with E-state index in [2.05, 4.69) is 25.2 Å². The van der Waals surface area contributed by atoms with Gasteiger partial charge < -0.3 is 5.32 Å². The molecule has 4 heteroatoms. The molecule has 0 saturated heterocycles. The summed E-state index contributed by atoms with van der Waals surface area (Å²) in [6, 6.07) is 2.17. The lowest BCUT2D eigenvalue weighted by Crippen LogP contribution is -2.39. The summed E-state index contributed by atoms with van der Waals surface area (Å²) in [6.45, 7) is 9.89. The third kappa shape index (κ3) is 3.46. The van der Waals surface area contributed by atoms with Crippen LogP contribution in [0.5, 0.6) is 0 Å². The second-order valence-electron chi connectivity index (χ2n) is 5.08. The summed E-state index contributed by atoms with van der Waals surface area (Å²) >= 11 is 7.55. The van der Waals surface area contributed by atoms with Crippen molar-refractivity contribution in [2.75, 3.05) is 5.88 Å². The molecule has 1 aromatic heterocycles. The van der Waals surface area contributed by atoms with Gasteiger partial charge in [0.1, 0.15) is 0 Å². The quantitative estimate of drug-likeness (QED) is 0.831. The fourth-order valence-electron chi connectivity index (χ4n) is 1.61. The molecule has 1 aromatic rings. The Morgan fingerprint density at radius 2 is 2.12 bits per heavy atom. The van der Waals surface area contributed by atoms with E-state index in [1.807, 2.05) is 20.8 Å². The van der Waals surface area contributed by atoms with Crippen LogP contribution in [0.15, 0.2) is 6.07 Å². The van der Waals surface area contributed by atoms with Crippen LogP contribution in [0.1, 0.15) is 42.1 Å². The van der Waals surface area contributed by atoms with Gasteiger partial charge in [0.2, 0.25) is 5.91 Å². The van der Waals surface area contributed by atoms with E-state index in [0.717, 1.165) is 0 Å². The first-order valence-corrected chi connectivity index (χ1v) is 7.07. The van der Waals surface area contributed by atoms with Crippen molar-refractivity contribution in [1.82, 2.24) is 5.32 Å². The number of hydrogen-bond donors (Lipinski definition) is 1. The fourth-order valence-corrected chi connectivity index (χ4v) is 2.75. The van der Waals surface area contributed by atoms with Crippen molar-refractivity contribution in [1.29, 1.82) is 0 Å². The standard InChI is InChI=1S/C13H20ClNOS/c1-8-6-11(10(3)17-8)9(2)15-12(16)13(4,5)7-14/h6,9H,7H2,1-5H3,(H,15,16). The SMILES string of the molecule is Cc1cc(C(C)NC(=O)C(C)(C)CCl)c(C)s1. The van der Waals surface area contributed by atoms with Gasteiger partial charge >= 0.3 is 0 Å². The van der Waals surface area contributed by atoms with Crippen LogP contribution in [-0.4, -0.2) is 11.8 Å². The molecule has 0 spiro atoms. The molecule has 0 radical (unpaired) electrons. The van der Waals surface area contributed by atoms with Gasteiger partial charge in [0.05, 0.1) is 11.5 Å². The zero-order valence-electron chi connectivity index (χ0n) is 11.1. The van der Waals surface area contributed by atoms with Gasteiger partial charge in [0.15, 0.2) is 0 Å². The highest BCUT2D eigenvalue weighted by Crippen LogP contribution is 2.27. The molecule has 17 heavy (non-hydrogen) atoms. The highest BCUT2D eigenvalue weighted by atomic mass is 35.5. The summed E-state index contributed by atoms with van der Waals surface area (Å²) in [7, 11) is 0. The summed E-state index contributed by atoms with van der Waals surface area (Å²) in [5, 5.41) is 3.02. The maximum atomic E-state index is 12.0. The topological polar surface area (TPSA) is 29.1 Å². The van der Waals surface area contributed by atoms with Crippen molar-refractivity contribution in [3.05, 3.63) is 21.4 Å². The van der Waals surface area contributed by atoms with E-state index in [0.29, 0.717) is 5.88 Å². The van der Waals surface area contributed by atoms with Crippen molar-refractivity contribution in [2.24, 2.45) is 5.41 Å². The van der Waals surface area contributed by atoms with E-state index in [-0.39, 0.29) is 11.9 Å². The van der Waals surface area contributed by atoms with Crippen LogP contribution < -0.4 is 5.32 Å². The lowest BCUT2D eigenvalue weighted by molar-refractivity contribution is -0.129. The maximum Gasteiger partial charge on any atom is 0.227 e. The number of carbonyl (C=O) groups is 1. The molecule has 96 valence electrons. The number of halogens is 1. The number of carbonyl (C=O) groups excluding carboxylic acids is 1. The van der Waals surface area contributed by atoms with Crippen LogP contribution in [0.2, 0.25) is 0 Å². The Morgan fingerprint density at radius 3 is 2.53 bits per heavy atom. The Bertz CT molecular complexity index is 412. The summed E-state index contributed by atoms with van der Waals surface area (Å²) in [4.78, 5) is 14.5. The number of aryl methyl sites for hydroxylation is 2. The van der Waals surface area contributed by atoms with Crippen LogP contribution in [-0.2, 0) is 4.79 Å². The minimum atomic E-state index is -0.519. The smallest absolute Gasteiger partial charge is 0.227 e. The molecule has 1 rings (SSSR count). The van der Waals surface area contributed by atoms with Crippen molar-refractivity contribution in [3.8, 4) is 0 Å². The van der Waals surface area contributed by atoms with E-state index in [1.165, 1.54) is 15.3 Å². The summed E-state index contributed by atoms with van der Waals surface area (Å²) in [5.74, 6) is 0.330. The number of amides is 1. The van der Waals surface area contributed by atoms with Gasteiger partial charge in [0, 0.05) is 15.6 Å². The molecule has 0 aliphatic heterocycles. The van der Waals surface area contributed by atoms with Crippen molar-refractivity contribution in [2.45, 2.75) is 40.7 Å². The zero-order valence-corrected chi connectivity index (χ0v) is 12.6. The molecule has 0 aliphatic carbocycles. The molecule has 0 bridgehead atoms. The molecule has 2 nitrogen and oxygen atoms in total. The van der Waals surface area contributed by atoms with Crippen molar-refractivity contribution < 1.29 is 4.79 Å². The van der Waals surface area contributed by atoms with Gasteiger partial charge in [-0.15, -0.1) is 22.9 Å². The van der Waals surface area contributed by atoms with Gasteiger partial charge in [-0.2, -0.15) is 0 Å². The Labute approximate surface area is 112 Å². The first-order chi connectivity index (χ1) is 7.77. The summed E-state index contributed by atoms with van der Waals surface area (Å²) < 4.78 is 0. The van der Waals surface area contributed by atoms with Crippen LogP contribution in [0, 0.1) is 19.3 Å². The Hall–Kier alpha value is -0.540. The number of thiophene rings is 1. The van der Waals surface area contributed by atoms with Crippen LogP contribution in [0.4, 0.5) is 0 Å². The van der Waals surface area contributed by atoms with E-state index in [9.17, 15) is 4.79 Å². The van der Waals surface area contributed by atoms with Crippen molar-refractivity contribution >= 4 is 28.8 Å². The van der Waals surface area contributed by atoms with E-state index in [1.54, 1.807) is 11.3 Å². The van der Waals surface area contributed by atoms with Gasteiger partial charge in [-0.3, -0.25) is 4.79 Å². The van der Waals surface area contributed by atoms with E-state index < -0.39 is 5.41 Å². The van der Waals surface area contributed by atoms with Gasteiger partial charge in [-0.25, -0.2) is 0 Å². The molecule has 1 unspecified atom stereocenters. The first kappa shape index (κ1) is 14.5. The van der Waals surface area contributed by atoms with Crippen molar-refractivity contribution in [3.63, 3.8) is 0 Å². The highest BCUT2D eigenvalue weighted by Gasteiger charge is 2.28. The number of nitrogens with one attached hydrogen (secondary N) is 1. The molecule has 0 aromatic carbocycles. The Balaban J connectivity index is 2.77. The minimum absolute atomic E-state index is 0.00301. The highest BCUT2D eigenvalue weighted by molar-refractivity contribution is 7.12. The number of hydrogen-bond acceptors (Lipinski definition) is 2.